The first-order chi connectivity index (χ1) is 11.7. The molecular weight excluding hydrogens is 300 g/mol. The molecule has 4 nitrogen and oxygen atoms in total. The van der Waals surface area contributed by atoms with Crippen LogP contribution >= 0.6 is 0 Å². The Bertz CT molecular complexity index is 502. The van der Waals surface area contributed by atoms with E-state index in [1.807, 2.05) is 31.2 Å². The third-order valence-electron chi connectivity index (χ3n) is 5.39. The van der Waals surface area contributed by atoms with Gasteiger partial charge < -0.3 is 14.7 Å². The highest BCUT2D eigenvalue weighted by Gasteiger charge is 2.28. The fraction of sp³-hybridized carbons (Fsp3) is 0.700. The summed E-state index contributed by atoms with van der Waals surface area (Å²) in [7, 11) is 0. The van der Waals surface area contributed by atoms with Crippen LogP contribution < -0.4 is 4.74 Å². The van der Waals surface area contributed by atoms with Gasteiger partial charge in [0.25, 0.3) is 0 Å². The Morgan fingerprint density at radius 1 is 1.12 bits per heavy atom. The lowest BCUT2D eigenvalue weighted by atomic mass is 10.1. The summed E-state index contributed by atoms with van der Waals surface area (Å²) in [4.78, 5) is 5.09. The molecule has 1 N–H and O–H groups in total. The predicted molar refractivity (Wildman–Crippen MR) is 97.6 cm³/mol. The van der Waals surface area contributed by atoms with Crippen molar-refractivity contribution in [3.63, 3.8) is 0 Å². The predicted octanol–water partition coefficient (Wildman–Crippen LogP) is 2.69. The molecule has 134 valence electrons. The smallest absolute Gasteiger partial charge is 0.122 e. The van der Waals surface area contributed by atoms with Crippen molar-refractivity contribution in [3.8, 4) is 5.75 Å². The molecule has 4 heteroatoms. The molecule has 1 aromatic carbocycles. The highest BCUT2D eigenvalue weighted by atomic mass is 16.5. The topological polar surface area (TPSA) is 35.9 Å². The van der Waals surface area contributed by atoms with Crippen molar-refractivity contribution >= 4 is 0 Å². The van der Waals surface area contributed by atoms with Crippen molar-refractivity contribution in [1.82, 2.24) is 9.80 Å². The maximum Gasteiger partial charge on any atom is 0.122 e. The van der Waals surface area contributed by atoms with Crippen molar-refractivity contribution < 1.29 is 9.84 Å². The van der Waals surface area contributed by atoms with E-state index >= 15 is 0 Å². The van der Waals surface area contributed by atoms with E-state index in [1.54, 1.807) is 0 Å². The molecule has 0 spiro atoms. The summed E-state index contributed by atoms with van der Waals surface area (Å²) in [6.45, 7) is 7.93. The first-order valence-corrected chi connectivity index (χ1v) is 9.55. The van der Waals surface area contributed by atoms with Crippen molar-refractivity contribution in [2.75, 3.05) is 39.3 Å². The zero-order valence-corrected chi connectivity index (χ0v) is 15.0. The minimum atomic E-state index is -0.424. The summed E-state index contributed by atoms with van der Waals surface area (Å²) in [6, 6.07) is 8.60. The third-order valence-corrected chi connectivity index (χ3v) is 5.39. The molecule has 2 saturated heterocycles. The van der Waals surface area contributed by atoms with E-state index in [2.05, 4.69) is 9.80 Å². The van der Waals surface area contributed by atoms with Gasteiger partial charge in [0.15, 0.2) is 0 Å². The number of benzene rings is 1. The Morgan fingerprint density at radius 3 is 2.71 bits per heavy atom. The van der Waals surface area contributed by atoms with Gasteiger partial charge >= 0.3 is 0 Å². The van der Waals surface area contributed by atoms with E-state index < -0.39 is 6.10 Å². The van der Waals surface area contributed by atoms with Crippen LogP contribution in [0.2, 0.25) is 0 Å². The van der Waals surface area contributed by atoms with E-state index in [-0.39, 0.29) is 0 Å². The quantitative estimate of drug-likeness (QED) is 0.833. The van der Waals surface area contributed by atoms with E-state index in [1.165, 1.54) is 51.7 Å². The number of likely N-dealkylation sites (tertiary alicyclic amines) is 2. The van der Waals surface area contributed by atoms with Crippen LogP contribution in [0.25, 0.3) is 0 Å². The van der Waals surface area contributed by atoms with Gasteiger partial charge in [-0.2, -0.15) is 0 Å². The number of aliphatic hydroxyl groups excluding tert-OH is 1. The number of aliphatic hydroxyl groups is 1. The first kappa shape index (κ1) is 17.7. The molecule has 0 bridgehead atoms. The summed E-state index contributed by atoms with van der Waals surface area (Å²) >= 11 is 0. The lowest BCUT2D eigenvalue weighted by molar-refractivity contribution is 0.0553. The average Bonchev–Trinajstić information content (AvgIpc) is 3.02. The van der Waals surface area contributed by atoms with Crippen LogP contribution in [0, 0.1) is 6.92 Å². The first-order valence-electron chi connectivity index (χ1n) is 9.55. The summed E-state index contributed by atoms with van der Waals surface area (Å²) in [6.07, 6.45) is 6.18. The van der Waals surface area contributed by atoms with E-state index in [9.17, 15) is 5.11 Å². The number of aryl methyl sites for hydroxylation is 1. The SMILES string of the molecule is Cc1ccccc1OCC(O)CN1CCCC1CN1CCCCC1. The lowest BCUT2D eigenvalue weighted by Gasteiger charge is -2.33. The van der Waals surface area contributed by atoms with Gasteiger partial charge in [-0.25, -0.2) is 0 Å². The minimum Gasteiger partial charge on any atom is -0.491 e. The van der Waals surface area contributed by atoms with E-state index in [0.29, 0.717) is 12.6 Å². The molecule has 24 heavy (non-hydrogen) atoms. The lowest BCUT2D eigenvalue weighted by Crippen LogP contribution is -2.45. The van der Waals surface area contributed by atoms with Crippen LogP contribution in [-0.4, -0.2) is 66.4 Å². The number of β-amino-alcohol motifs (C(OH)–C–C–N with tert-alkyl or cyclic N) is 1. The fourth-order valence-electron chi connectivity index (χ4n) is 4.01. The zero-order chi connectivity index (χ0) is 16.8. The van der Waals surface area contributed by atoms with Crippen LogP contribution in [-0.2, 0) is 0 Å². The van der Waals surface area contributed by atoms with Crippen molar-refractivity contribution in [2.24, 2.45) is 0 Å². The molecular formula is C20H32N2O2. The maximum atomic E-state index is 10.4. The molecule has 3 rings (SSSR count). The zero-order valence-electron chi connectivity index (χ0n) is 15.0. The van der Waals surface area contributed by atoms with Gasteiger partial charge in [-0.15, -0.1) is 0 Å². The van der Waals surface area contributed by atoms with Gasteiger partial charge in [-0.05, 0) is 63.9 Å². The monoisotopic (exact) mass is 332 g/mol. The van der Waals surface area contributed by atoms with Crippen molar-refractivity contribution in [2.45, 2.75) is 51.2 Å². The summed E-state index contributed by atoms with van der Waals surface area (Å²) in [5.74, 6) is 0.878. The van der Waals surface area contributed by atoms with E-state index in [4.69, 9.17) is 4.74 Å². The highest BCUT2D eigenvalue weighted by Crippen LogP contribution is 2.21. The van der Waals surface area contributed by atoms with Crippen molar-refractivity contribution in [1.29, 1.82) is 0 Å². The van der Waals surface area contributed by atoms with Crippen LogP contribution in [0.1, 0.15) is 37.7 Å². The second-order valence-electron chi connectivity index (χ2n) is 7.38. The molecule has 2 fully saturated rings. The number of ether oxygens (including phenoxy) is 1. The van der Waals surface area contributed by atoms with Gasteiger partial charge in [-0.1, -0.05) is 24.6 Å². The Kier molecular flexibility index (Phi) is 6.52. The molecule has 2 unspecified atom stereocenters. The van der Waals surface area contributed by atoms with Crippen LogP contribution in [0.3, 0.4) is 0 Å². The summed E-state index contributed by atoms with van der Waals surface area (Å²) in [5, 5.41) is 10.4. The molecule has 1 aromatic rings. The molecule has 0 amide bonds. The number of hydrogen-bond acceptors (Lipinski definition) is 4. The van der Waals surface area contributed by atoms with Crippen molar-refractivity contribution in [3.05, 3.63) is 29.8 Å². The van der Waals surface area contributed by atoms with Crippen LogP contribution in [0.15, 0.2) is 24.3 Å². The molecule has 0 saturated carbocycles. The summed E-state index contributed by atoms with van der Waals surface area (Å²) < 4.78 is 5.81. The number of hydrogen-bond donors (Lipinski definition) is 1. The van der Waals surface area contributed by atoms with Gasteiger partial charge in [0.2, 0.25) is 0 Å². The number of rotatable bonds is 7. The van der Waals surface area contributed by atoms with Gasteiger partial charge in [0.1, 0.15) is 18.5 Å². The molecule has 2 aliphatic rings. The Balaban J connectivity index is 1.44. The van der Waals surface area contributed by atoms with Crippen LogP contribution in [0.5, 0.6) is 5.75 Å². The highest BCUT2D eigenvalue weighted by molar-refractivity contribution is 5.31. The summed E-state index contributed by atoms with van der Waals surface area (Å²) in [5.41, 5.74) is 1.12. The number of nitrogens with zero attached hydrogens (tertiary/aromatic N) is 2. The van der Waals surface area contributed by atoms with E-state index in [0.717, 1.165) is 24.4 Å². The largest absolute Gasteiger partial charge is 0.491 e. The molecule has 0 aromatic heterocycles. The Hall–Kier alpha value is -1.10. The standard InChI is InChI=1S/C20H32N2O2/c1-17-8-3-4-10-20(17)24-16-19(23)15-22-13-7-9-18(22)14-21-11-5-2-6-12-21/h3-4,8,10,18-19,23H,2,5-7,9,11-16H2,1H3. The van der Waals surface area contributed by atoms with Crippen LogP contribution in [0.4, 0.5) is 0 Å². The van der Waals surface area contributed by atoms with Gasteiger partial charge in [-0.3, -0.25) is 4.90 Å². The minimum absolute atomic E-state index is 0.373. The average molecular weight is 332 g/mol. The fourth-order valence-corrected chi connectivity index (χ4v) is 4.01. The normalized spacial score (nSPS) is 24.2. The van der Waals surface area contributed by atoms with Gasteiger partial charge in [0, 0.05) is 19.1 Å². The Labute approximate surface area is 146 Å². The maximum absolute atomic E-state index is 10.4. The second kappa shape index (κ2) is 8.84. The molecule has 0 aliphatic carbocycles. The van der Waals surface area contributed by atoms with Gasteiger partial charge in [0.05, 0.1) is 0 Å². The Morgan fingerprint density at radius 2 is 1.92 bits per heavy atom. The third kappa shape index (κ3) is 4.95. The molecule has 0 radical (unpaired) electrons. The molecule has 2 aliphatic heterocycles. The second-order valence-corrected chi connectivity index (χ2v) is 7.38. The molecule has 2 atom stereocenters. The molecule has 2 heterocycles. The number of piperidine rings is 1. The number of para-hydroxylation sites is 1.